The molecule has 0 bridgehead atoms. The van der Waals surface area contributed by atoms with E-state index in [9.17, 15) is 4.79 Å². The number of thiazole rings is 1. The van der Waals surface area contributed by atoms with Gasteiger partial charge in [-0.05, 0) is 26.0 Å². The van der Waals surface area contributed by atoms with Crippen LogP contribution in [0.2, 0.25) is 5.02 Å². The third-order valence-electron chi connectivity index (χ3n) is 4.38. The van der Waals surface area contributed by atoms with Crippen molar-refractivity contribution in [1.29, 1.82) is 0 Å². The van der Waals surface area contributed by atoms with Gasteiger partial charge < -0.3 is 10.0 Å². The summed E-state index contributed by atoms with van der Waals surface area (Å²) in [7, 11) is 1.88. The summed E-state index contributed by atoms with van der Waals surface area (Å²) in [6.07, 6.45) is 1.90. The molecule has 2 heterocycles. The van der Waals surface area contributed by atoms with E-state index in [2.05, 4.69) is 4.90 Å². The monoisotopic (exact) mass is 365 g/mol. The molecule has 1 aromatic carbocycles. The molecule has 1 aliphatic rings. The lowest BCUT2D eigenvalue weighted by molar-refractivity contribution is -0.138. The van der Waals surface area contributed by atoms with Gasteiger partial charge in [-0.15, -0.1) is 11.3 Å². The van der Waals surface area contributed by atoms with Gasteiger partial charge in [0.2, 0.25) is 0 Å². The molecular formula is C17H20ClN3O2S. The number of halogens is 1. The van der Waals surface area contributed by atoms with Crippen molar-refractivity contribution >= 4 is 34.0 Å². The minimum absolute atomic E-state index is 0.0958. The Hall–Kier alpha value is -1.63. The number of carbonyl (C=O) groups is 1. The van der Waals surface area contributed by atoms with Gasteiger partial charge >= 0.3 is 5.97 Å². The Bertz CT molecular complexity index is 713. The number of benzene rings is 1. The van der Waals surface area contributed by atoms with Crippen LogP contribution in [0.4, 0.5) is 5.13 Å². The standard InChI is InChI=1S/C17H20ClN3O2S/c1-20(10-16(22)23)12-6-8-21(9-7-12)17-19-15(11-24-17)13-4-2-3-5-14(13)18/h2-5,11-12H,6-10H2,1H3,(H,22,23). The number of aliphatic carboxylic acids is 1. The van der Waals surface area contributed by atoms with E-state index in [4.69, 9.17) is 21.7 Å². The van der Waals surface area contributed by atoms with Gasteiger partial charge in [0, 0.05) is 35.1 Å². The smallest absolute Gasteiger partial charge is 0.317 e. The van der Waals surface area contributed by atoms with E-state index in [1.807, 2.05) is 41.6 Å². The van der Waals surface area contributed by atoms with E-state index in [0.29, 0.717) is 11.1 Å². The fourth-order valence-corrected chi connectivity index (χ4v) is 4.15. The predicted octanol–water partition coefficient (Wildman–Crippen LogP) is 3.45. The summed E-state index contributed by atoms with van der Waals surface area (Å²) in [6.45, 7) is 1.88. The first kappa shape index (κ1) is 17.2. The summed E-state index contributed by atoms with van der Waals surface area (Å²) in [6, 6.07) is 8.05. The van der Waals surface area contributed by atoms with E-state index in [1.165, 1.54) is 0 Å². The Morgan fingerprint density at radius 2 is 2.12 bits per heavy atom. The average Bonchev–Trinajstić information content (AvgIpc) is 3.04. The predicted molar refractivity (Wildman–Crippen MR) is 98.1 cm³/mol. The average molecular weight is 366 g/mol. The van der Waals surface area contributed by atoms with Crippen LogP contribution in [-0.2, 0) is 4.79 Å². The Morgan fingerprint density at radius 3 is 2.79 bits per heavy atom. The molecule has 1 N–H and O–H groups in total. The highest BCUT2D eigenvalue weighted by molar-refractivity contribution is 7.14. The molecule has 7 heteroatoms. The van der Waals surface area contributed by atoms with Crippen molar-refractivity contribution in [2.45, 2.75) is 18.9 Å². The third-order valence-corrected chi connectivity index (χ3v) is 5.62. The largest absolute Gasteiger partial charge is 0.480 e. The van der Waals surface area contributed by atoms with Crippen molar-refractivity contribution in [2.75, 3.05) is 31.6 Å². The van der Waals surface area contributed by atoms with E-state index >= 15 is 0 Å². The summed E-state index contributed by atoms with van der Waals surface area (Å²) in [5.41, 5.74) is 1.86. The van der Waals surface area contributed by atoms with Crippen LogP contribution in [0.1, 0.15) is 12.8 Å². The number of carboxylic acids is 1. The Balaban J connectivity index is 1.64. The highest BCUT2D eigenvalue weighted by Gasteiger charge is 2.25. The normalized spacial score (nSPS) is 15.9. The van der Waals surface area contributed by atoms with Crippen molar-refractivity contribution in [3.05, 3.63) is 34.7 Å². The van der Waals surface area contributed by atoms with Gasteiger partial charge in [-0.2, -0.15) is 0 Å². The summed E-state index contributed by atoms with van der Waals surface area (Å²) in [5.74, 6) is -0.774. The zero-order chi connectivity index (χ0) is 17.1. The van der Waals surface area contributed by atoms with Crippen LogP contribution in [-0.4, -0.2) is 53.7 Å². The van der Waals surface area contributed by atoms with Crippen LogP contribution in [0, 0.1) is 0 Å². The van der Waals surface area contributed by atoms with Gasteiger partial charge in [-0.3, -0.25) is 9.69 Å². The second-order valence-electron chi connectivity index (χ2n) is 6.02. The number of carboxylic acid groups (broad SMARTS) is 1. The van der Waals surface area contributed by atoms with Gasteiger partial charge in [0.15, 0.2) is 5.13 Å². The number of aromatic nitrogens is 1. The molecule has 24 heavy (non-hydrogen) atoms. The lowest BCUT2D eigenvalue weighted by atomic mass is 10.0. The number of rotatable bonds is 5. The number of nitrogens with zero attached hydrogens (tertiary/aromatic N) is 3. The van der Waals surface area contributed by atoms with Crippen molar-refractivity contribution in [1.82, 2.24) is 9.88 Å². The quantitative estimate of drug-likeness (QED) is 0.879. The second-order valence-corrected chi connectivity index (χ2v) is 7.27. The fraction of sp³-hybridized carbons (Fsp3) is 0.412. The molecule has 0 saturated carbocycles. The van der Waals surface area contributed by atoms with Crippen LogP contribution in [0.25, 0.3) is 11.3 Å². The van der Waals surface area contributed by atoms with Crippen LogP contribution in [0.15, 0.2) is 29.6 Å². The first-order valence-electron chi connectivity index (χ1n) is 7.92. The summed E-state index contributed by atoms with van der Waals surface area (Å²) in [4.78, 5) is 19.8. The molecule has 5 nitrogen and oxygen atoms in total. The summed E-state index contributed by atoms with van der Waals surface area (Å²) in [5, 5.41) is 12.7. The molecule has 0 aliphatic carbocycles. The fourth-order valence-electron chi connectivity index (χ4n) is 3.04. The molecule has 128 valence electrons. The summed E-state index contributed by atoms with van der Waals surface area (Å²) >= 11 is 7.88. The molecule has 0 atom stereocenters. The van der Waals surface area contributed by atoms with Crippen molar-refractivity contribution < 1.29 is 9.90 Å². The maximum Gasteiger partial charge on any atom is 0.317 e. The van der Waals surface area contributed by atoms with Crippen LogP contribution < -0.4 is 4.90 Å². The van der Waals surface area contributed by atoms with Gasteiger partial charge in [0.25, 0.3) is 0 Å². The van der Waals surface area contributed by atoms with Crippen molar-refractivity contribution in [3.63, 3.8) is 0 Å². The first-order chi connectivity index (χ1) is 11.5. The zero-order valence-corrected chi connectivity index (χ0v) is 15.1. The second kappa shape index (κ2) is 7.51. The van der Waals surface area contributed by atoms with E-state index in [-0.39, 0.29) is 6.54 Å². The lowest BCUT2D eigenvalue weighted by Crippen LogP contribution is -2.44. The van der Waals surface area contributed by atoms with Gasteiger partial charge in [0.05, 0.1) is 12.2 Å². The molecule has 0 spiro atoms. The first-order valence-corrected chi connectivity index (χ1v) is 9.18. The van der Waals surface area contributed by atoms with Gasteiger partial charge in [0.1, 0.15) is 0 Å². The number of anilines is 1. The van der Waals surface area contributed by atoms with Crippen LogP contribution >= 0.6 is 22.9 Å². The van der Waals surface area contributed by atoms with Crippen LogP contribution in [0.3, 0.4) is 0 Å². The number of likely N-dealkylation sites (N-methyl/N-ethyl adjacent to an activating group) is 1. The van der Waals surface area contributed by atoms with E-state index < -0.39 is 5.97 Å². The minimum Gasteiger partial charge on any atom is -0.480 e. The van der Waals surface area contributed by atoms with E-state index in [1.54, 1.807) is 11.3 Å². The van der Waals surface area contributed by atoms with Crippen molar-refractivity contribution in [3.8, 4) is 11.3 Å². The van der Waals surface area contributed by atoms with Gasteiger partial charge in [-0.1, -0.05) is 29.8 Å². The number of piperidine rings is 1. The molecule has 3 rings (SSSR count). The van der Waals surface area contributed by atoms with Gasteiger partial charge in [-0.25, -0.2) is 4.98 Å². The Morgan fingerprint density at radius 1 is 1.42 bits per heavy atom. The number of hydrogen-bond donors (Lipinski definition) is 1. The Kier molecular flexibility index (Phi) is 5.38. The van der Waals surface area contributed by atoms with Crippen LogP contribution in [0.5, 0.6) is 0 Å². The molecule has 0 unspecified atom stereocenters. The van der Waals surface area contributed by atoms with E-state index in [0.717, 1.165) is 42.3 Å². The molecule has 1 fully saturated rings. The highest BCUT2D eigenvalue weighted by Crippen LogP contribution is 2.33. The van der Waals surface area contributed by atoms with Crippen molar-refractivity contribution in [2.24, 2.45) is 0 Å². The SMILES string of the molecule is CN(CC(=O)O)C1CCN(c2nc(-c3ccccc3Cl)cs2)CC1. The highest BCUT2D eigenvalue weighted by atomic mass is 35.5. The topological polar surface area (TPSA) is 56.7 Å². The number of hydrogen-bond acceptors (Lipinski definition) is 5. The lowest BCUT2D eigenvalue weighted by Gasteiger charge is -2.36. The molecule has 1 aromatic heterocycles. The molecular weight excluding hydrogens is 346 g/mol. The molecule has 2 aromatic rings. The molecule has 1 saturated heterocycles. The molecule has 1 aliphatic heterocycles. The zero-order valence-electron chi connectivity index (χ0n) is 13.5. The Labute approximate surface area is 150 Å². The maximum atomic E-state index is 10.8. The molecule has 0 radical (unpaired) electrons. The third kappa shape index (κ3) is 3.88. The maximum absolute atomic E-state index is 10.8. The summed E-state index contributed by atoms with van der Waals surface area (Å²) < 4.78 is 0. The minimum atomic E-state index is -0.774. The molecule has 0 amide bonds.